The first-order valence-electron chi connectivity index (χ1n) is 4.92. The zero-order valence-corrected chi connectivity index (χ0v) is 8.07. The Hall–Kier alpha value is -0.930. The van der Waals surface area contributed by atoms with Gasteiger partial charge < -0.3 is 5.73 Å². The van der Waals surface area contributed by atoms with Crippen molar-refractivity contribution in [1.82, 2.24) is 4.90 Å². The fourth-order valence-corrected chi connectivity index (χ4v) is 1.74. The summed E-state index contributed by atoms with van der Waals surface area (Å²) in [5, 5.41) is 0. The Kier molecular flexibility index (Phi) is 2.79. The van der Waals surface area contributed by atoms with E-state index >= 15 is 0 Å². The summed E-state index contributed by atoms with van der Waals surface area (Å²) in [4.78, 5) is 2.04. The molecule has 2 rings (SSSR count). The molecule has 14 heavy (non-hydrogen) atoms. The molecule has 1 aliphatic heterocycles. The fourth-order valence-electron chi connectivity index (χ4n) is 1.74. The summed E-state index contributed by atoms with van der Waals surface area (Å²) in [6.45, 7) is 1.84. The maximum absolute atomic E-state index is 12.5. The SMILES string of the molecule is NC(CN1CC(F)C1)c1ccccc1. The average molecular weight is 194 g/mol. The van der Waals surface area contributed by atoms with Crippen LogP contribution < -0.4 is 5.73 Å². The minimum atomic E-state index is -0.641. The second-order valence-corrected chi connectivity index (χ2v) is 3.83. The van der Waals surface area contributed by atoms with Crippen molar-refractivity contribution in [3.63, 3.8) is 0 Å². The number of nitrogens with zero attached hydrogens (tertiary/aromatic N) is 1. The predicted octanol–water partition coefficient (Wildman–Crippen LogP) is 1.34. The Bertz CT molecular complexity index is 283. The molecule has 0 amide bonds. The van der Waals surface area contributed by atoms with Crippen molar-refractivity contribution < 1.29 is 4.39 Å². The molecule has 1 aromatic carbocycles. The van der Waals surface area contributed by atoms with Crippen molar-refractivity contribution in [1.29, 1.82) is 0 Å². The zero-order chi connectivity index (χ0) is 9.97. The lowest BCUT2D eigenvalue weighted by Gasteiger charge is -2.36. The normalized spacial score (nSPS) is 20.4. The molecule has 0 radical (unpaired) electrons. The highest BCUT2D eigenvalue weighted by Crippen LogP contribution is 2.16. The molecule has 3 heteroatoms. The van der Waals surface area contributed by atoms with E-state index in [0.717, 1.165) is 12.1 Å². The largest absolute Gasteiger partial charge is 0.323 e. The smallest absolute Gasteiger partial charge is 0.125 e. The summed E-state index contributed by atoms with van der Waals surface area (Å²) in [6, 6.07) is 9.95. The summed E-state index contributed by atoms with van der Waals surface area (Å²) in [5.41, 5.74) is 7.11. The molecular weight excluding hydrogens is 179 g/mol. The molecule has 76 valence electrons. The van der Waals surface area contributed by atoms with E-state index in [1.54, 1.807) is 0 Å². The van der Waals surface area contributed by atoms with Crippen LogP contribution in [-0.2, 0) is 0 Å². The van der Waals surface area contributed by atoms with Gasteiger partial charge in [0.05, 0.1) is 0 Å². The standard InChI is InChI=1S/C11H15FN2/c12-10-6-14(7-10)8-11(13)9-4-2-1-3-5-9/h1-5,10-11H,6-8,13H2. The van der Waals surface area contributed by atoms with Crippen molar-refractivity contribution in [2.75, 3.05) is 19.6 Å². The van der Waals surface area contributed by atoms with Gasteiger partial charge in [0.15, 0.2) is 0 Å². The van der Waals surface area contributed by atoms with E-state index in [2.05, 4.69) is 0 Å². The topological polar surface area (TPSA) is 29.3 Å². The molecule has 0 spiro atoms. The summed E-state index contributed by atoms with van der Waals surface area (Å²) < 4.78 is 12.5. The molecule has 0 bridgehead atoms. The van der Waals surface area contributed by atoms with Gasteiger partial charge in [-0.1, -0.05) is 30.3 Å². The number of hydrogen-bond acceptors (Lipinski definition) is 2. The molecule has 2 N–H and O–H groups in total. The van der Waals surface area contributed by atoms with Gasteiger partial charge in [0, 0.05) is 25.7 Å². The highest BCUT2D eigenvalue weighted by atomic mass is 19.1. The van der Waals surface area contributed by atoms with Crippen molar-refractivity contribution in [3.8, 4) is 0 Å². The summed E-state index contributed by atoms with van der Waals surface area (Å²) >= 11 is 0. The molecule has 1 heterocycles. The van der Waals surface area contributed by atoms with Crippen molar-refractivity contribution in [3.05, 3.63) is 35.9 Å². The van der Waals surface area contributed by atoms with E-state index in [1.165, 1.54) is 0 Å². The molecule has 1 saturated heterocycles. The summed E-state index contributed by atoms with van der Waals surface area (Å²) in [7, 11) is 0. The molecule has 1 fully saturated rings. The van der Waals surface area contributed by atoms with Crippen LogP contribution >= 0.6 is 0 Å². The number of alkyl halides is 1. The molecule has 1 unspecified atom stereocenters. The molecule has 0 saturated carbocycles. The quantitative estimate of drug-likeness (QED) is 0.786. The third-order valence-electron chi connectivity index (χ3n) is 2.60. The van der Waals surface area contributed by atoms with Gasteiger partial charge in [-0.3, -0.25) is 4.90 Å². The highest BCUT2D eigenvalue weighted by molar-refractivity contribution is 5.18. The van der Waals surface area contributed by atoms with Gasteiger partial charge in [-0.25, -0.2) is 4.39 Å². The van der Waals surface area contributed by atoms with Crippen LogP contribution in [0.2, 0.25) is 0 Å². The Labute approximate surface area is 83.5 Å². The number of nitrogens with two attached hydrogens (primary N) is 1. The highest BCUT2D eigenvalue weighted by Gasteiger charge is 2.27. The first-order valence-corrected chi connectivity index (χ1v) is 4.92. The van der Waals surface area contributed by atoms with Gasteiger partial charge in [-0.05, 0) is 5.56 Å². The molecule has 1 aromatic rings. The first-order chi connectivity index (χ1) is 6.75. The number of likely N-dealkylation sites (tertiary alicyclic amines) is 1. The van der Waals surface area contributed by atoms with Crippen molar-refractivity contribution >= 4 is 0 Å². The number of rotatable bonds is 3. The van der Waals surface area contributed by atoms with Gasteiger partial charge in [0.1, 0.15) is 6.17 Å². The molecule has 0 aliphatic carbocycles. The van der Waals surface area contributed by atoms with Crippen LogP contribution in [0.25, 0.3) is 0 Å². The van der Waals surface area contributed by atoms with Crippen LogP contribution in [0.15, 0.2) is 30.3 Å². The number of hydrogen-bond donors (Lipinski definition) is 1. The van der Waals surface area contributed by atoms with E-state index in [1.807, 2.05) is 35.2 Å². The first kappa shape index (κ1) is 9.62. The maximum atomic E-state index is 12.5. The van der Waals surface area contributed by atoms with E-state index in [-0.39, 0.29) is 6.04 Å². The molecule has 1 atom stereocenters. The number of benzene rings is 1. The van der Waals surface area contributed by atoms with Gasteiger partial charge in [0.25, 0.3) is 0 Å². The summed E-state index contributed by atoms with van der Waals surface area (Å²) in [5.74, 6) is 0. The van der Waals surface area contributed by atoms with Gasteiger partial charge in [-0.2, -0.15) is 0 Å². The molecular formula is C11H15FN2. The lowest BCUT2D eigenvalue weighted by molar-refractivity contribution is 0.0606. The predicted molar refractivity (Wildman–Crippen MR) is 54.7 cm³/mol. The van der Waals surface area contributed by atoms with E-state index in [9.17, 15) is 4.39 Å². The van der Waals surface area contributed by atoms with Gasteiger partial charge in [-0.15, -0.1) is 0 Å². The lowest BCUT2D eigenvalue weighted by atomic mass is 10.1. The fraction of sp³-hybridized carbons (Fsp3) is 0.455. The Balaban J connectivity index is 1.87. The molecule has 0 aromatic heterocycles. The number of halogens is 1. The Morgan fingerprint density at radius 2 is 2.00 bits per heavy atom. The Morgan fingerprint density at radius 3 is 2.57 bits per heavy atom. The second-order valence-electron chi connectivity index (χ2n) is 3.83. The van der Waals surface area contributed by atoms with E-state index < -0.39 is 6.17 Å². The molecule has 2 nitrogen and oxygen atoms in total. The van der Waals surface area contributed by atoms with Crippen molar-refractivity contribution in [2.45, 2.75) is 12.2 Å². The van der Waals surface area contributed by atoms with E-state index in [4.69, 9.17) is 5.73 Å². The van der Waals surface area contributed by atoms with Crippen LogP contribution in [0.3, 0.4) is 0 Å². The minimum Gasteiger partial charge on any atom is -0.323 e. The van der Waals surface area contributed by atoms with Crippen LogP contribution in [0.5, 0.6) is 0 Å². The van der Waals surface area contributed by atoms with Crippen LogP contribution in [-0.4, -0.2) is 30.7 Å². The second kappa shape index (κ2) is 4.07. The van der Waals surface area contributed by atoms with Crippen LogP contribution in [0, 0.1) is 0 Å². The minimum absolute atomic E-state index is 0.00343. The van der Waals surface area contributed by atoms with E-state index in [0.29, 0.717) is 13.1 Å². The third kappa shape index (κ3) is 2.11. The lowest BCUT2D eigenvalue weighted by Crippen LogP contribution is -2.50. The molecule has 1 aliphatic rings. The van der Waals surface area contributed by atoms with Crippen molar-refractivity contribution in [2.24, 2.45) is 5.73 Å². The van der Waals surface area contributed by atoms with Crippen LogP contribution in [0.1, 0.15) is 11.6 Å². The van der Waals surface area contributed by atoms with Gasteiger partial charge in [0.2, 0.25) is 0 Å². The average Bonchev–Trinajstić information content (AvgIpc) is 2.17. The third-order valence-corrected chi connectivity index (χ3v) is 2.60. The van der Waals surface area contributed by atoms with Gasteiger partial charge >= 0.3 is 0 Å². The Morgan fingerprint density at radius 1 is 1.36 bits per heavy atom. The maximum Gasteiger partial charge on any atom is 0.125 e. The summed E-state index contributed by atoms with van der Waals surface area (Å²) in [6.07, 6.45) is -0.641. The van der Waals surface area contributed by atoms with Crippen LogP contribution in [0.4, 0.5) is 4.39 Å². The zero-order valence-electron chi connectivity index (χ0n) is 8.07. The monoisotopic (exact) mass is 194 g/mol.